The summed E-state index contributed by atoms with van der Waals surface area (Å²) >= 11 is 2.11. The lowest BCUT2D eigenvalue weighted by atomic mass is 9.94. The Hall–Kier alpha value is -0.0700. The van der Waals surface area contributed by atoms with Crippen LogP contribution in [0.5, 0.6) is 0 Å². The molecule has 0 aromatic heterocycles. The van der Waals surface area contributed by atoms with Gasteiger partial charge in [0.1, 0.15) is 5.78 Å². The van der Waals surface area contributed by atoms with Gasteiger partial charge in [0.25, 0.3) is 0 Å². The minimum atomic E-state index is -3.15. The largest absolute Gasteiger partial charge is 0.365 e. The fourth-order valence-corrected chi connectivity index (χ4v) is 2.23. The highest BCUT2D eigenvalue weighted by atomic mass is 79.9. The van der Waals surface area contributed by atoms with Crippen LogP contribution in [0.25, 0.3) is 0 Å². The van der Waals surface area contributed by atoms with Crippen LogP contribution >= 0.6 is 15.9 Å². The van der Waals surface area contributed by atoms with Crippen LogP contribution in [0, 0.1) is 0 Å². The van der Waals surface area contributed by atoms with Crippen molar-refractivity contribution in [1.82, 2.24) is 0 Å². The second-order valence-corrected chi connectivity index (χ2v) is 5.60. The van der Waals surface area contributed by atoms with Crippen LogP contribution in [0.3, 0.4) is 0 Å². The number of ether oxygens (including phenoxy) is 1. The predicted molar refractivity (Wildman–Crippen MR) is 62.1 cm³/mol. The Bertz CT molecular complexity index is 260. The summed E-state index contributed by atoms with van der Waals surface area (Å²) in [6.45, 7) is -0.00157. The Kier molecular flexibility index (Phi) is 5.47. The standard InChI is InChI=1S/C11H17BrF2O3/c12-11(13,14)8-9(15)4-7-17-10(16)5-2-1-3-6-10/h16H,1-8H2. The summed E-state index contributed by atoms with van der Waals surface area (Å²) in [5, 5.41) is 9.93. The molecule has 0 spiro atoms. The van der Waals surface area contributed by atoms with Crippen molar-refractivity contribution < 1.29 is 23.4 Å². The van der Waals surface area contributed by atoms with Gasteiger partial charge in [-0.2, -0.15) is 8.78 Å². The third-order valence-electron chi connectivity index (χ3n) is 2.78. The number of Topliss-reactive ketones (excluding diaryl/α,β-unsaturated/α-hetero) is 1. The SMILES string of the molecule is O=C(CCOC1(O)CCCCC1)CC(F)(F)Br. The van der Waals surface area contributed by atoms with Gasteiger partial charge in [-0.1, -0.05) is 6.42 Å². The summed E-state index contributed by atoms with van der Waals surface area (Å²) in [5.41, 5.74) is 0. The molecule has 17 heavy (non-hydrogen) atoms. The second-order valence-electron chi connectivity index (χ2n) is 4.44. The number of aliphatic hydroxyl groups is 1. The fraction of sp³-hybridized carbons (Fsp3) is 0.909. The molecule has 1 N–H and O–H groups in total. The van der Waals surface area contributed by atoms with Crippen LogP contribution in [-0.4, -0.2) is 28.1 Å². The molecule has 0 saturated heterocycles. The summed E-state index contributed by atoms with van der Waals surface area (Å²) in [6.07, 6.45) is 3.03. The average Bonchev–Trinajstić information content (AvgIpc) is 2.15. The van der Waals surface area contributed by atoms with E-state index in [2.05, 4.69) is 15.9 Å². The van der Waals surface area contributed by atoms with E-state index in [9.17, 15) is 18.7 Å². The van der Waals surface area contributed by atoms with Crippen molar-refractivity contribution in [2.45, 2.75) is 55.6 Å². The summed E-state index contributed by atoms with van der Waals surface area (Å²) < 4.78 is 30.1. The Labute approximate surface area is 108 Å². The third-order valence-corrected chi connectivity index (χ3v) is 3.06. The van der Waals surface area contributed by atoms with Gasteiger partial charge in [-0.25, -0.2) is 0 Å². The predicted octanol–water partition coefficient (Wildman–Crippen LogP) is 2.99. The van der Waals surface area contributed by atoms with Gasteiger partial charge in [-0.15, -0.1) is 0 Å². The molecule has 1 aliphatic carbocycles. The van der Waals surface area contributed by atoms with E-state index in [-0.39, 0.29) is 13.0 Å². The van der Waals surface area contributed by atoms with Crippen molar-refractivity contribution in [3.05, 3.63) is 0 Å². The summed E-state index contributed by atoms with van der Waals surface area (Å²) in [4.78, 5) is 7.99. The first-order valence-electron chi connectivity index (χ1n) is 5.76. The molecule has 0 radical (unpaired) electrons. The van der Waals surface area contributed by atoms with Crippen LogP contribution in [-0.2, 0) is 9.53 Å². The van der Waals surface area contributed by atoms with Crippen LogP contribution in [0.15, 0.2) is 0 Å². The highest BCUT2D eigenvalue weighted by Crippen LogP contribution is 2.30. The molecule has 0 amide bonds. The number of alkyl halides is 3. The normalized spacial score (nSPS) is 20.2. The topological polar surface area (TPSA) is 46.5 Å². The molecule has 0 unspecified atom stereocenters. The number of hydrogen-bond donors (Lipinski definition) is 1. The Morgan fingerprint density at radius 3 is 2.47 bits per heavy atom. The van der Waals surface area contributed by atoms with Crippen molar-refractivity contribution in [2.75, 3.05) is 6.61 Å². The summed E-state index contributed by atoms with van der Waals surface area (Å²) in [7, 11) is 0. The average molecular weight is 315 g/mol. The zero-order valence-electron chi connectivity index (χ0n) is 9.55. The van der Waals surface area contributed by atoms with Gasteiger partial charge in [0.05, 0.1) is 13.0 Å². The molecule has 100 valence electrons. The molecular formula is C11H17BrF2O3. The van der Waals surface area contributed by atoms with Gasteiger partial charge in [0.15, 0.2) is 5.79 Å². The van der Waals surface area contributed by atoms with E-state index in [0.717, 1.165) is 19.3 Å². The maximum atomic E-state index is 12.4. The van der Waals surface area contributed by atoms with Crippen molar-refractivity contribution in [2.24, 2.45) is 0 Å². The van der Waals surface area contributed by atoms with Gasteiger partial charge in [0.2, 0.25) is 0 Å². The van der Waals surface area contributed by atoms with Gasteiger partial charge in [-0.3, -0.25) is 4.79 Å². The first kappa shape index (κ1) is 15.0. The van der Waals surface area contributed by atoms with E-state index in [1.807, 2.05) is 0 Å². The molecule has 0 aromatic rings. The zero-order chi connectivity index (χ0) is 12.9. The van der Waals surface area contributed by atoms with Crippen molar-refractivity contribution in [3.63, 3.8) is 0 Å². The lowest BCUT2D eigenvalue weighted by molar-refractivity contribution is -0.220. The van der Waals surface area contributed by atoms with E-state index in [0.29, 0.717) is 12.8 Å². The zero-order valence-corrected chi connectivity index (χ0v) is 11.1. The Morgan fingerprint density at radius 2 is 1.94 bits per heavy atom. The van der Waals surface area contributed by atoms with Crippen LogP contribution in [0.2, 0.25) is 0 Å². The smallest absolute Gasteiger partial charge is 0.308 e. The molecule has 1 fully saturated rings. The lowest BCUT2D eigenvalue weighted by Crippen LogP contribution is -2.35. The molecule has 0 bridgehead atoms. The number of carbonyl (C=O) groups excluding carboxylic acids is 1. The quantitative estimate of drug-likeness (QED) is 0.605. The minimum Gasteiger partial charge on any atom is -0.365 e. The molecule has 0 aliphatic heterocycles. The molecule has 1 aliphatic rings. The number of ketones is 1. The fourth-order valence-electron chi connectivity index (χ4n) is 1.92. The Balaban J connectivity index is 2.20. The van der Waals surface area contributed by atoms with E-state index in [4.69, 9.17) is 4.74 Å². The Morgan fingerprint density at radius 1 is 1.35 bits per heavy atom. The molecule has 0 atom stereocenters. The maximum absolute atomic E-state index is 12.4. The van der Waals surface area contributed by atoms with E-state index >= 15 is 0 Å². The van der Waals surface area contributed by atoms with E-state index < -0.39 is 22.8 Å². The minimum absolute atomic E-state index is 0.00157. The van der Waals surface area contributed by atoms with E-state index in [1.165, 1.54) is 0 Å². The molecule has 0 heterocycles. The van der Waals surface area contributed by atoms with Crippen LogP contribution in [0.4, 0.5) is 8.78 Å². The monoisotopic (exact) mass is 314 g/mol. The first-order valence-corrected chi connectivity index (χ1v) is 6.55. The number of carbonyl (C=O) groups is 1. The molecule has 0 aromatic carbocycles. The highest BCUT2D eigenvalue weighted by molar-refractivity contribution is 9.10. The van der Waals surface area contributed by atoms with Crippen molar-refractivity contribution in [3.8, 4) is 0 Å². The second kappa shape index (κ2) is 6.20. The highest BCUT2D eigenvalue weighted by Gasteiger charge is 2.31. The molecule has 1 rings (SSSR count). The van der Waals surface area contributed by atoms with Gasteiger partial charge >= 0.3 is 4.83 Å². The van der Waals surface area contributed by atoms with E-state index in [1.54, 1.807) is 0 Å². The summed E-state index contributed by atoms with van der Waals surface area (Å²) in [5.74, 6) is -1.73. The number of halogens is 3. The van der Waals surface area contributed by atoms with Crippen LogP contribution in [0.1, 0.15) is 44.9 Å². The van der Waals surface area contributed by atoms with Gasteiger partial charge in [-0.05, 0) is 28.8 Å². The van der Waals surface area contributed by atoms with Crippen molar-refractivity contribution in [1.29, 1.82) is 0 Å². The molecule has 6 heteroatoms. The van der Waals surface area contributed by atoms with Crippen LogP contribution < -0.4 is 0 Å². The molecular weight excluding hydrogens is 298 g/mol. The third kappa shape index (κ3) is 6.43. The maximum Gasteiger partial charge on any atom is 0.308 e. The first-order chi connectivity index (χ1) is 7.81. The number of rotatable bonds is 6. The van der Waals surface area contributed by atoms with Crippen molar-refractivity contribution >= 4 is 21.7 Å². The van der Waals surface area contributed by atoms with Gasteiger partial charge in [0, 0.05) is 19.3 Å². The van der Waals surface area contributed by atoms with Gasteiger partial charge < -0.3 is 9.84 Å². The lowest BCUT2D eigenvalue weighted by Gasteiger charge is -2.31. The molecule has 1 saturated carbocycles. The summed E-state index contributed by atoms with van der Waals surface area (Å²) in [6, 6.07) is 0. The molecule has 3 nitrogen and oxygen atoms in total. The number of hydrogen-bond acceptors (Lipinski definition) is 3.